The summed E-state index contributed by atoms with van der Waals surface area (Å²) in [6.45, 7) is 9.10. The molecule has 3 nitrogen and oxygen atoms in total. The maximum absolute atomic E-state index is 11.8. The second kappa shape index (κ2) is 6.38. The molecule has 1 fully saturated rings. The van der Waals surface area contributed by atoms with Crippen LogP contribution in [0.1, 0.15) is 20.8 Å². The molecule has 1 atom stereocenters. The Labute approximate surface area is 97.0 Å². The van der Waals surface area contributed by atoms with Gasteiger partial charge in [0.25, 0.3) is 0 Å². The van der Waals surface area contributed by atoms with Gasteiger partial charge in [0, 0.05) is 31.1 Å². The van der Waals surface area contributed by atoms with E-state index in [0.717, 1.165) is 31.1 Å². The Kier molecular flexibility index (Phi) is 5.47. The van der Waals surface area contributed by atoms with E-state index in [2.05, 4.69) is 24.1 Å². The molecular formula is C11H22N2OS. The smallest absolute Gasteiger partial charge is 0.237 e. The lowest BCUT2D eigenvalue weighted by atomic mass is 10.2. The summed E-state index contributed by atoms with van der Waals surface area (Å²) in [7, 11) is 0. The van der Waals surface area contributed by atoms with E-state index in [1.165, 1.54) is 0 Å². The first-order chi connectivity index (χ1) is 7.11. The Morgan fingerprint density at radius 1 is 1.33 bits per heavy atom. The second-order valence-electron chi connectivity index (χ2n) is 4.46. The molecule has 0 bridgehead atoms. The lowest BCUT2D eigenvalue weighted by molar-refractivity contribution is -0.125. The summed E-state index contributed by atoms with van der Waals surface area (Å²) in [4.78, 5) is 14.1. The number of carbonyl (C=O) groups excluding carboxylic acids is 1. The molecular weight excluding hydrogens is 208 g/mol. The standard InChI is InChI=1S/C11H22N2OS/c1-9(2)8-12-11(14)10(3)13-4-6-15-7-5-13/h9-10H,4-8H2,1-3H3,(H,12,14)/t10-/m1/s1. The quantitative estimate of drug-likeness (QED) is 0.787. The lowest BCUT2D eigenvalue weighted by Crippen LogP contribution is -2.48. The molecule has 0 saturated carbocycles. The van der Waals surface area contributed by atoms with Crippen LogP contribution in [0.3, 0.4) is 0 Å². The first kappa shape index (κ1) is 12.8. The van der Waals surface area contributed by atoms with Crippen molar-refractivity contribution in [2.24, 2.45) is 5.92 Å². The van der Waals surface area contributed by atoms with Gasteiger partial charge in [0.2, 0.25) is 5.91 Å². The van der Waals surface area contributed by atoms with E-state index in [9.17, 15) is 4.79 Å². The summed E-state index contributed by atoms with van der Waals surface area (Å²) >= 11 is 1.97. The van der Waals surface area contributed by atoms with Gasteiger partial charge in [0.15, 0.2) is 0 Å². The molecule has 1 aliphatic rings. The van der Waals surface area contributed by atoms with Crippen LogP contribution in [0.5, 0.6) is 0 Å². The highest BCUT2D eigenvalue weighted by Gasteiger charge is 2.22. The Balaban J connectivity index is 2.30. The fourth-order valence-electron chi connectivity index (χ4n) is 1.58. The van der Waals surface area contributed by atoms with Crippen molar-refractivity contribution in [3.05, 3.63) is 0 Å². The molecule has 1 amide bonds. The lowest BCUT2D eigenvalue weighted by Gasteiger charge is -2.31. The normalized spacial score (nSPS) is 20.3. The third kappa shape index (κ3) is 4.43. The van der Waals surface area contributed by atoms with Gasteiger partial charge in [-0.15, -0.1) is 0 Å². The van der Waals surface area contributed by atoms with Gasteiger partial charge in [0.1, 0.15) is 0 Å². The van der Waals surface area contributed by atoms with E-state index in [1.807, 2.05) is 18.7 Å². The third-order valence-electron chi connectivity index (χ3n) is 2.66. The number of amides is 1. The van der Waals surface area contributed by atoms with Crippen molar-refractivity contribution >= 4 is 17.7 Å². The van der Waals surface area contributed by atoms with E-state index in [1.54, 1.807) is 0 Å². The molecule has 0 aromatic rings. The summed E-state index contributed by atoms with van der Waals surface area (Å²) in [6, 6.07) is 0.0321. The molecule has 1 saturated heterocycles. The molecule has 1 heterocycles. The van der Waals surface area contributed by atoms with Gasteiger partial charge in [-0.1, -0.05) is 13.8 Å². The average molecular weight is 230 g/mol. The van der Waals surface area contributed by atoms with Crippen LogP contribution in [0.15, 0.2) is 0 Å². The van der Waals surface area contributed by atoms with E-state index >= 15 is 0 Å². The molecule has 0 aliphatic carbocycles. The van der Waals surface area contributed by atoms with Crippen LogP contribution >= 0.6 is 11.8 Å². The van der Waals surface area contributed by atoms with E-state index in [-0.39, 0.29) is 11.9 Å². The molecule has 0 aromatic heterocycles. The SMILES string of the molecule is CC(C)CNC(=O)[C@@H](C)N1CCSCC1. The molecule has 4 heteroatoms. The molecule has 88 valence electrons. The van der Waals surface area contributed by atoms with Crippen molar-refractivity contribution in [3.63, 3.8) is 0 Å². The summed E-state index contributed by atoms with van der Waals surface area (Å²) in [5, 5.41) is 2.99. The van der Waals surface area contributed by atoms with Crippen molar-refractivity contribution in [2.75, 3.05) is 31.1 Å². The minimum Gasteiger partial charge on any atom is -0.354 e. The van der Waals surface area contributed by atoms with Gasteiger partial charge in [-0.2, -0.15) is 11.8 Å². The van der Waals surface area contributed by atoms with Crippen LogP contribution in [0.4, 0.5) is 0 Å². The molecule has 1 aliphatic heterocycles. The minimum absolute atomic E-state index is 0.0321. The van der Waals surface area contributed by atoms with Gasteiger partial charge < -0.3 is 5.32 Å². The Morgan fingerprint density at radius 2 is 1.93 bits per heavy atom. The van der Waals surface area contributed by atoms with E-state index in [4.69, 9.17) is 0 Å². The largest absolute Gasteiger partial charge is 0.354 e. The number of hydrogen-bond acceptors (Lipinski definition) is 3. The van der Waals surface area contributed by atoms with E-state index in [0.29, 0.717) is 5.92 Å². The maximum atomic E-state index is 11.8. The number of nitrogens with zero attached hydrogens (tertiary/aromatic N) is 1. The molecule has 1 N–H and O–H groups in total. The average Bonchev–Trinajstić information content (AvgIpc) is 2.26. The van der Waals surface area contributed by atoms with Crippen molar-refractivity contribution < 1.29 is 4.79 Å². The number of rotatable bonds is 4. The zero-order chi connectivity index (χ0) is 11.3. The molecule has 1 rings (SSSR count). The fraction of sp³-hybridized carbons (Fsp3) is 0.909. The Hall–Kier alpha value is -0.220. The monoisotopic (exact) mass is 230 g/mol. The van der Waals surface area contributed by atoms with E-state index < -0.39 is 0 Å². The number of carbonyl (C=O) groups is 1. The van der Waals surface area contributed by atoms with Gasteiger partial charge >= 0.3 is 0 Å². The van der Waals surface area contributed by atoms with Crippen LogP contribution in [-0.2, 0) is 4.79 Å². The highest BCUT2D eigenvalue weighted by molar-refractivity contribution is 7.99. The third-order valence-corrected chi connectivity index (χ3v) is 3.60. The molecule has 0 radical (unpaired) electrons. The first-order valence-electron chi connectivity index (χ1n) is 5.70. The predicted octanol–water partition coefficient (Wildman–Crippen LogP) is 1.20. The fourth-order valence-corrected chi connectivity index (χ4v) is 2.51. The van der Waals surface area contributed by atoms with Crippen LogP contribution in [0, 0.1) is 5.92 Å². The van der Waals surface area contributed by atoms with Crippen LogP contribution < -0.4 is 5.32 Å². The predicted molar refractivity (Wildman–Crippen MR) is 66.2 cm³/mol. The van der Waals surface area contributed by atoms with Crippen LogP contribution in [-0.4, -0.2) is 48.0 Å². The van der Waals surface area contributed by atoms with Crippen LogP contribution in [0.25, 0.3) is 0 Å². The maximum Gasteiger partial charge on any atom is 0.237 e. The van der Waals surface area contributed by atoms with Crippen molar-refractivity contribution in [1.82, 2.24) is 10.2 Å². The molecule has 15 heavy (non-hydrogen) atoms. The summed E-state index contributed by atoms with van der Waals surface area (Å²) < 4.78 is 0. The van der Waals surface area contributed by atoms with Crippen molar-refractivity contribution in [3.8, 4) is 0 Å². The molecule has 0 aromatic carbocycles. The molecule has 0 spiro atoms. The van der Waals surface area contributed by atoms with Gasteiger partial charge in [0.05, 0.1) is 6.04 Å². The Bertz CT molecular complexity index is 203. The second-order valence-corrected chi connectivity index (χ2v) is 5.69. The van der Waals surface area contributed by atoms with Gasteiger partial charge in [-0.25, -0.2) is 0 Å². The number of nitrogens with one attached hydrogen (secondary N) is 1. The number of thioether (sulfide) groups is 1. The topological polar surface area (TPSA) is 32.3 Å². The number of hydrogen-bond donors (Lipinski definition) is 1. The highest BCUT2D eigenvalue weighted by Crippen LogP contribution is 2.12. The summed E-state index contributed by atoms with van der Waals surface area (Å²) in [6.07, 6.45) is 0. The van der Waals surface area contributed by atoms with Gasteiger partial charge in [-0.3, -0.25) is 9.69 Å². The highest BCUT2D eigenvalue weighted by atomic mass is 32.2. The zero-order valence-electron chi connectivity index (χ0n) is 9.95. The van der Waals surface area contributed by atoms with Crippen molar-refractivity contribution in [1.29, 1.82) is 0 Å². The first-order valence-corrected chi connectivity index (χ1v) is 6.86. The van der Waals surface area contributed by atoms with Crippen molar-refractivity contribution in [2.45, 2.75) is 26.8 Å². The Morgan fingerprint density at radius 3 is 2.47 bits per heavy atom. The minimum atomic E-state index is 0.0321. The van der Waals surface area contributed by atoms with Crippen LogP contribution in [0.2, 0.25) is 0 Å². The zero-order valence-corrected chi connectivity index (χ0v) is 10.8. The molecule has 0 unspecified atom stereocenters. The summed E-state index contributed by atoms with van der Waals surface area (Å²) in [5.74, 6) is 3.01. The summed E-state index contributed by atoms with van der Waals surface area (Å²) in [5.41, 5.74) is 0. The van der Waals surface area contributed by atoms with Gasteiger partial charge in [-0.05, 0) is 12.8 Å².